The highest BCUT2D eigenvalue weighted by Crippen LogP contribution is 2.24. The summed E-state index contributed by atoms with van der Waals surface area (Å²) in [4.78, 5) is 145. The highest BCUT2D eigenvalue weighted by Gasteiger charge is 2.25. The van der Waals surface area contributed by atoms with Gasteiger partial charge in [-0.2, -0.15) is 0 Å². The number of anilines is 2. The van der Waals surface area contributed by atoms with Crippen molar-refractivity contribution in [2.45, 2.75) is 47.0 Å². The number of carbonyl (C=O) groups excluding carboxylic acids is 6. The smallest absolute Gasteiger partial charge is 0.357 e. The van der Waals surface area contributed by atoms with Crippen molar-refractivity contribution in [1.29, 1.82) is 0 Å². The molecule has 43 heteroatoms. The van der Waals surface area contributed by atoms with Gasteiger partial charge in [0.1, 0.15) is 30.9 Å². The summed E-state index contributed by atoms with van der Waals surface area (Å²) in [5, 5.41) is 18.7. The Morgan fingerprint density at radius 3 is 1.48 bits per heavy atom. The predicted octanol–water partition coefficient (Wildman–Crippen LogP) is 12.5. The van der Waals surface area contributed by atoms with Gasteiger partial charge in [0, 0.05) is 101 Å². The number of nitrogen functional groups attached to an aromatic ring is 1. The summed E-state index contributed by atoms with van der Waals surface area (Å²) in [7, 11) is 7.05. The molecule has 100 heavy (non-hydrogen) atoms. The van der Waals surface area contributed by atoms with Crippen molar-refractivity contribution in [1.82, 2.24) is 79.2 Å². The molecule has 9 rings (SSSR count). The maximum Gasteiger partial charge on any atom is 0.357 e. The molecule has 0 amide bonds. The number of aromatic nitrogens is 14. The molecule has 0 bridgehead atoms. The van der Waals surface area contributed by atoms with Crippen LogP contribution < -0.4 is 21.2 Å². The molecule has 0 aliphatic rings. The van der Waals surface area contributed by atoms with Gasteiger partial charge in [-0.05, 0) is 6.92 Å². The molecule has 0 aliphatic carbocycles. The predicted molar refractivity (Wildman–Crippen MR) is 380 cm³/mol. The van der Waals surface area contributed by atoms with Gasteiger partial charge in [-0.15, -0.1) is 34.0 Å². The molecule has 0 saturated carbocycles. The molecule has 0 saturated heterocycles. The number of ketones is 2. The van der Waals surface area contributed by atoms with Crippen LogP contribution in [0.4, 0.5) is 10.3 Å². The van der Waals surface area contributed by atoms with Crippen molar-refractivity contribution in [3.8, 4) is 10.9 Å². The van der Waals surface area contributed by atoms with E-state index in [2.05, 4.69) is 74.8 Å². The van der Waals surface area contributed by atoms with E-state index >= 15 is 0 Å². The average Bonchev–Trinajstić information content (AvgIpc) is 1.12. The Labute approximate surface area is 624 Å². The maximum atomic E-state index is 12.5. The van der Waals surface area contributed by atoms with Crippen LogP contribution in [0, 0.1) is 0 Å². The third kappa shape index (κ3) is 31.2. The van der Waals surface area contributed by atoms with Crippen LogP contribution in [0.3, 0.4) is 0 Å². The van der Waals surface area contributed by atoms with Gasteiger partial charge in [-0.1, -0.05) is 125 Å². The number of pyridine rings is 1. The molecule has 0 radical (unpaired) electrons. The molecule has 0 aromatic carbocycles. The second-order valence-electron chi connectivity index (χ2n) is 17.8. The first-order chi connectivity index (χ1) is 47.4. The Bertz CT molecular complexity index is 4360. The number of fused-ring (bicyclic) bond motifs is 1. The molecule has 9 aromatic rings. The number of ether oxygens (including phenoxy) is 4. The molecule has 0 aliphatic heterocycles. The number of hydrogen-bond acceptors (Lipinski definition) is 32. The number of halogens is 9. The van der Waals surface area contributed by atoms with Crippen LogP contribution in [0.15, 0.2) is 119 Å². The number of esters is 4. The third-order valence-electron chi connectivity index (χ3n) is 9.94. The normalized spacial score (nSPS) is 10.5. The first-order valence-corrected chi connectivity index (χ1v) is 33.5. The Hall–Kier alpha value is -8.78. The van der Waals surface area contributed by atoms with Crippen molar-refractivity contribution < 1.29 is 57.6 Å². The molecular formula is C57H53Cl9N18O13S3. The van der Waals surface area contributed by atoms with Gasteiger partial charge in [0.05, 0.1) is 56.2 Å². The summed E-state index contributed by atoms with van der Waals surface area (Å²) >= 11 is 54.4. The Morgan fingerprint density at radius 2 is 1.06 bits per heavy atom. The molecular weight excluding hydrogens is 1560 g/mol. The molecule has 0 atom stereocenters. The SMILES string of the molecule is CCC(=O)O/C(=C\N(C)C)C(=O)c1ncc(Cl)nc1Cl.CCC(=O)O/C(=C\Nc1nccs1)C(=O)c1ncc(Cl)nc1Cl.CCC(=O)Oc1cn(-c2nccs2)c2nc(Cl)cnc2c1=O.CCOC(=O)/C=C/N(C)C.Clc1cncc(Cl)n1.Nc1nccs1.O=C(O)c1ncc(Cl)nc1Cl. The van der Waals surface area contributed by atoms with Crippen molar-refractivity contribution in [3.63, 3.8) is 0 Å². The van der Waals surface area contributed by atoms with Gasteiger partial charge in [0.2, 0.25) is 0 Å². The van der Waals surface area contributed by atoms with E-state index in [1.807, 2.05) is 19.5 Å². The van der Waals surface area contributed by atoms with E-state index in [0.29, 0.717) is 32.3 Å². The summed E-state index contributed by atoms with van der Waals surface area (Å²) in [5.41, 5.74) is 4.37. The van der Waals surface area contributed by atoms with E-state index < -0.39 is 40.9 Å². The quantitative estimate of drug-likeness (QED) is 0.0236. The summed E-state index contributed by atoms with van der Waals surface area (Å²) in [6.07, 6.45) is 19.9. The van der Waals surface area contributed by atoms with Crippen LogP contribution in [0.2, 0.25) is 46.4 Å². The van der Waals surface area contributed by atoms with Gasteiger partial charge in [0.25, 0.3) is 17.0 Å². The fourth-order valence-electron chi connectivity index (χ4n) is 5.78. The number of nitrogens with zero attached hydrogens (tertiary/aromatic N) is 16. The lowest BCUT2D eigenvalue weighted by atomic mass is 10.2. The van der Waals surface area contributed by atoms with Crippen LogP contribution >= 0.6 is 138 Å². The monoisotopic (exact) mass is 1610 g/mol. The zero-order valence-electron chi connectivity index (χ0n) is 52.8. The topological polar surface area (TPSA) is 411 Å². The van der Waals surface area contributed by atoms with Crippen LogP contribution in [-0.4, -0.2) is 160 Å². The fraction of sp³-hybridized carbons (Fsp3) is 0.211. The lowest BCUT2D eigenvalue weighted by molar-refractivity contribution is -0.139. The molecule has 0 fully saturated rings. The van der Waals surface area contributed by atoms with Gasteiger partial charge in [-0.25, -0.2) is 69.4 Å². The Balaban J connectivity index is 0.000000317. The van der Waals surface area contributed by atoms with Gasteiger partial charge in [0.15, 0.2) is 76.4 Å². The number of carboxylic acids is 1. The molecule has 0 spiro atoms. The van der Waals surface area contributed by atoms with Crippen molar-refractivity contribution in [2.75, 3.05) is 45.8 Å². The second kappa shape index (κ2) is 45.1. The highest BCUT2D eigenvalue weighted by atomic mass is 35.5. The molecule has 9 aromatic heterocycles. The Morgan fingerprint density at radius 1 is 0.580 bits per heavy atom. The van der Waals surface area contributed by atoms with Gasteiger partial charge in [-0.3, -0.25) is 38.3 Å². The number of carboxylic acid groups (broad SMARTS) is 1. The maximum absolute atomic E-state index is 12.5. The fourth-order valence-corrected chi connectivity index (χ4v) is 8.95. The molecule has 31 nitrogen and oxygen atoms in total. The number of Topliss-reactive ketones (excluding diaryl/α,β-unsaturated/α-hetero) is 2. The van der Waals surface area contributed by atoms with Gasteiger partial charge >= 0.3 is 29.8 Å². The molecule has 4 N–H and O–H groups in total. The molecule has 9 heterocycles. The average molecular weight is 1610 g/mol. The van der Waals surface area contributed by atoms with E-state index in [1.54, 1.807) is 87.1 Å². The number of rotatable bonds is 18. The minimum absolute atomic E-state index is 0.0449. The molecule has 0 unspecified atom stereocenters. The highest BCUT2D eigenvalue weighted by molar-refractivity contribution is 7.13. The summed E-state index contributed by atoms with van der Waals surface area (Å²) in [5.74, 6) is -5.07. The second-order valence-corrected chi connectivity index (χ2v) is 23.9. The van der Waals surface area contributed by atoms with Crippen LogP contribution in [-0.2, 0) is 33.4 Å². The standard InChI is InChI=1S/C13H10Cl2N4O3S.C13H9ClN4O3S.C12H13Cl2N3O3.C7H13NO2.C5H2Cl2N2O2.C4H2Cl2N2.C3H4N2S/c1-2-9(20)22-7(5-18-13-16-3-4-23-13)11(21)10-12(15)19-8(14)6-17-10;1-2-9(19)21-7-6-18(13-15-3-4-22-13)12-10(11(7)20)16-5-8(14)17-12;1-4-9(18)20-7(6-17(2)3)11(19)10-12(14)16-8(13)5-15-10;1-4-10-7(9)5-6-8(2)3;6-2-1-8-3(5(10)11)4(7)9-2;5-3-1-7-2-4(6)8-3;4-3-5-1-2-6-3/h3-6H,2H2,1H3,(H,16,18);3-6H,2H2,1H3;5-6H,4H2,1-3H3;5-6H,4H2,1-3H3;1H,(H,10,11);1-2H;1-2H,(H2,4,5)/b7-5-;;7-6-;6-5+;;;. The zero-order chi connectivity index (χ0) is 74.6. The van der Waals surface area contributed by atoms with E-state index in [4.69, 9.17) is 129 Å². The number of nitrogens with one attached hydrogen (secondary N) is 1. The lowest BCUT2D eigenvalue weighted by Gasteiger charge is -2.11. The number of allylic oxidation sites excluding steroid dienone is 2. The van der Waals surface area contributed by atoms with Crippen LogP contribution in [0.5, 0.6) is 5.75 Å². The van der Waals surface area contributed by atoms with Crippen molar-refractivity contribution in [2.24, 2.45) is 0 Å². The summed E-state index contributed by atoms with van der Waals surface area (Å²) in [6, 6.07) is 0. The van der Waals surface area contributed by atoms with Crippen LogP contribution in [0.25, 0.3) is 16.3 Å². The number of nitrogens with two attached hydrogens (primary N) is 1. The molecule has 530 valence electrons. The van der Waals surface area contributed by atoms with E-state index in [9.17, 15) is 38.4 Å². The third-order valence-corrected chi connectivity index (χ3v) is 13.9. The number of carbonyl (C=O) groups is 7. The van der Waals surface area contributed by atoms with Gasteiger partial charge < -0.3 is 44.9 Å². The lowest BCUT2D eigenvalue weighted by Crippen LogP contribution is -2.18. The van der Waals surface area contributed by atoms with Crippen molar-refractivity contribution in [3.05, 3.63) is 188 Å². The van der Waals surface area contributed by atoms with Crippen molar-refractivity contribution >= 4 is 201 Å². The van der Waals surface area contributed by atoms with E-state index in [-0.39, 0.29) is 107 Å². The minimum Gasteiger partial charge on any atom is -0.476 e. The number of thiazole rings is 3. The van der Waals surface area contributed by atoms with E-state index in [0.717, 1.165) is 6.20 Å². The Kier molecular flexibility index (Phi) is 38.5. The number of aromatic carboxylic acids is 1. The van der Waals surface area contributed by atoms with E-state index in [1.165, 1.54) is 94.2 Å². The largest absolute Gasteiger partial charge is 0.476 e. The minimum atomic E-state index is -1.22. The number of hydrogen-bond donors (Lipinski definition) is 3. The summed E-state index contributed by atoms with van der Waals surface area (Å²) < 4.78 is 21.3. The van der Waals surface area contributed by atoms with Crippen LogP contribution in [0.1, 0.15) is 78.4 Å². The first-order valence-electron chi connectivity index (χ1n) is 27.4. The summed E-state index contributed by atoms with van der Waals surface area (Å²) in [6.45, 7) is 7.07. The zero-order valence-corrected chi connectivity index (χ0v) is 62.1. The first kappa shape index (κ1) is 85.4.